The van der Waals surface area contributed by atoms with E-state index in [1.165, 1.54) is 6.07 Å². The number of fused-ring (bicyclic) bond motifs is 1. The maximum absolute atomic E-state index is 14.5. The van der Waals surface area contributed by atoms with Crippen molar-refractivity contribution in [2.75, 3.05) is 45.1 Å². The number of nitrogens with one attached hydrogen (secondary N) is 1. The maximum atomic E-state index is 14.5. The van der Waals surface area contributed by atoms with Crippen molar-refractivity contribution in [1.82, 2.24) is 24.4 Å². The minimum Gasteiger partial charge on any atom is -0.375 e. The maximum Gasteiger partial charge on any atom is 0.165 e. The summed E-state index contributed by atoms with van der Waals surface area (Å²) in [5, 5.41) is 7.72. The van der Waals surface area contributed by atoms with Gasteiger partial charge in [0.15, 0.2) is 5.65 Å². The van der Waals surface area contributed by atoms with Gasteiger partial charge in [-0.15, -0.1) is 0 Å². The highest BCUT2D eigenvalue weighted by atomic mass is 19.1. The fraction of sp³-hybridized carbons (Fsp3) is 0.417. The van der Waals surface area contributed by atoms with Crippen molar-refractivity contribution < 1.29 is 4.39 Å². The third-order valence-electron chi connectivity index (χ3n) is 5.57. The topological polar surface area (TPSA) is 48.7 Å². The van der Waals surface area contributed by atoms with Crippen molar-refractivity contribution in [3.05, 3.63) is 60.3 Å². The zero-order valence-corrected chi connectivity index (χ0v) is 19.0. The zero-order valence-electron chi connectivity index (χ0n) is 19.0. The van der Waals surface area contributed by atoms with Gasteiger partial charge in [-0.2, -0.15) is 5.10 Å². The number of aromatic nitrogens is 3. The summed E-state index contributed by atoms with van der Waals surface area (Å²) in [4.78, 5) is 9.26. The number of aryl methyl sites for hydroxylation is 1. The number of likely N-dealkylation sites (N-methyl/N-ethyl adjacent to an activating group) is 2. The Balaban J connectivity index is 1.65. The average Bonchev–Trinajstić information content (AvgIpc) is 3.17. The Morgan fingerprint density at radius 1 is 1.16 bits per heavy atom. The van der Waals surface area contributed by atoms with Crippen LogP contribution in [-0.4, -0.2) is 64.2 Å². The molecule has 0 aliphatic rings. The molecule has 7 heteroatoms. The SMILES string of the molecule is C=C(C)N(CC)CCN(C)CCNc1ccn2ncc(-c3cc(CC)ccc3F)c2n1. The molecule has 0 aliphatic heterocycles. The summed E-state index contributed by atoms with van der Waals surface area (Å²) in [5.74, 6) is 0.497. The van der Waals surface area contributed by atoms with Crippen LogP contribution in [0.25, 0.3) is 16.8 Å². The predicted octanol–water partition coefficient (Wildman–Crippen LogP) is 4.30. The van der Waals surface area contributed by atoms with Crippen molar-refractivity contribution in [1.29, 1.82) is 0 Å². The summed E-state index contributed by atoms with van der Waals surface area (Å²) in [6.45, 7) is 14.8. The molecular weight excluding hydrogens is 391 g/mol. The zero-order chi connectivity index (χ0) is 22.4. The molecule has 31 heavy (non-hydrogen) atoms. The Morgan fingerprint density at radius 2 is 1.97 bits per heavy atom. The van der Waals surface area contributed by atoms with Gasteiger partial charge in [-0.3, -0.25) is 0 Å². The molecular formula is C24H33FN6. The highest BCUT2D eigenvalue weighted by molar-refractivity contribution is 5.78. The molecule has 0 spiro atoms. The molecule has 3 aromatic rings. The van der Waals surface area contributed by atoms with Crippen LogP contribution < -0.4 is 5.32 Å². The Morgan fingerprint density at radius 3 is 2.68 bits per heavy atom. The molecule has 6 nitrogen and oxygen atoms in total. The van der Waals surface area contributed by atoms with Crippen LogP contribution in [0.15, 0.2) is 48.9 Å². The molecule has 0 fully saturated rings. The van der Waals surface area contributed by atoms with Gasteiger partial charge in [-0.05, 0) is 51.1 Å². The van der Waals surface area contributed by atoms with E-state index >= 15 is 0 Å². The highest BCUT2D eigenvalue weighted by Crippen LogP contribution is 2.28. The van der Waals surface area contributed by atoms with Gasteiger partial charge in [-0.1, -0.05) is 19.6 Å². The molecule has 1 aromatic carbocycles. The van der Waals surface area contributed by atoms with Crippen LogP contribution in [0.1, 0.15) is 26.3 Å². The van der Waals surface area contributed by atoms with Crippen LogP contribution in [0.5, 0.6) is 0 Å². The number of nitrogens with zero attached hydrogens (tertiary/aromatic N) is 5. The summed E-state index contributed by atoms with van der Waals surface area (Å²) in [5.41, 5.74) is 4.07. The molecule has 1 N–H and O–H groups in total. The van der Waals surface area contributed by atoms with E-state index in [2.05, 4.69) is 47.7 Å². The Labute approximate surface area is 184 Å². The molecule has 3 rings (SSSR count). The Bertz CT molecular complexity index is 1030. The molecule has 166 valence electrons. The van der Waals surface area contributed by atoms with Gasteiger partial charge in [-0.25, -0.2) is 13.9 Å². The van der Waals surface area contributed by atoms with E-state index in [1.807, 2.05) is 31.3 Å². The van der Waals surface area contributed by atoms with Crippen LogP contribution in [0.4, 0.5) is 10.2 Å². The van der Waals surface area contributed by atoms with E-state index in [0.29, 0.717) is 16.8 Å². The minimum absolute atomic E-state index is 0.259. The van der Waals surface area contributed by atoms with Crippen LogP contribution in [0.3, 0.4) is 0 Å². The molecule has 0 atom stereocenters. The lowest BCUT2D eigenvalue weighted by Gasteiger charge is -2.26. The standard InChI is InChI=1S/C24H33FN6/c1-6-19-8-9-22(25)20(16-19)21-17-27-31-12-10-23(28-24(21)31)26-11-13-29(5)14-15-30(7-2)18(3)4/h8-10,12,16-17H,3,6-7,11,13-15H2,1-2,4-5H3,(H,26,28). The summed E-state index contributed by atoms with van der Waals surface area (Å²) in [6, 6.07) is 7.11. The second kappa shape index (κ2) is 10.4. The van der Waals surface area contributed by atoms with Gasteiger partial charge in [0.05, 0.1) is 6.20 Å². The van der Waals surface area contributed by atoms with Crippen LogP contribution in [0.2, 0.25) is 0 Å². The van der Waals surface area contributed by atoms with E-state index in [9.17, 15) is 4.39 Å². The first kappa shape index (κ1) is 22.7. The third kappa shape index (κ3) is 5.61. The number of hydrogen-bond acceptors (Lipinski definition) is 5. The van der Waals surface area contributed by atoms with Crippen molar-refractivity contribution in [3.8, 4) is 11.1 Å². The van der Waals surface area contributed by atoms with E-state index in [4.69, 9.17) is 4.98 Å². The summed E-state index contributed by atoms with van der Waals surface area (Å²) < 4.78 is 16.2. The second-order valence-corrected chi connectivity index (χ2v) is 7.85. The first-order chi connectivity index (χ1) is 14.9. The monoisotopic (exact) mass is 424 g/mol. The lowest BCUT2D eigenvalue weighted by atomic mass is 10.0. The van der Waals surface area contributed by atoms with E-state index < -0.39 is 0 Å². The number of allylic oxidation sites excluding steroid dienone is 1. The molecule has 0 saturated heterocycles. The number of hydrogen-bond donors (Lipinski definition) is 1. The number of anilines is 1. The second-order valence-electron chi connectivity index (χ2n) is 7.85. The molecule has 2 aromatic heterocycles. The molecule has 0 amide bonds. The number of halogens is 1. The van der Waals surface area contributed by atoms with E-state index in [0.717, 1.165) is 56.2 Å². The highest BCUT2D eigenvalue weighted by Gasteiger charge is 2.14. The minimum atomic E-state index is -0.259. The van der Waals surface area contributed by atoms with Gasteiger partial charge in [0.1, 0.15) is 11.6 Å². The average molecular weight is 425 g/mol. The molecule has 0 saturated carbocycles. The molecule has 0 aliphatic carbocycles. The van der Waals surface area contributed by atoms with Gasteiger partial charge < -0.3 is 15.1 Å². The Kier molecular flexibility index (Phi) is 7.63. The number of rotatable bonds is 11. The largest absolute Gasteiger partial charge is 0.375 e. The smallest absolute Gasteiger partial charge is 0.165 e. The van der Waals surface area contributed by atoms with Gasteiger partial charge >= 0.3 is 0 Å². The Hall–Kier alpha value is -2.93. The molecule has 2 heterocycles. The number of benzene rings is 1. The third-order valence-corrected chi connectivity index (χ3v) is 5.57. The van der Waals surface area contributed by atoms with E-state index in [-0.39, 0.29) is 5.82 Å². The predicted molar refractivity (Wildman–Crippen MR) is 126 cm³/mol. The molecule has 0 unspecified atom stereocenters. The van der Waals surface area contributed by atoms with E-state index in [1.54, 1.807) is 10.7 Å². The fourth-order valence-corrected chi connectivity index (χ4v) is 3.55. The lowest BCUT2D eigenvalue weighted by Crippen LogP contribution is -2.34. The van der Waals surface area contributed by atoms with Gasteiger partial charge in [0.25, 0.3) is 0 Å². The van der Waals surface area contributed by atoms with Crippen molar-refractivity contribution >= 4 is 11.5 Å². The van der Waals surface area contributed by atoms with Gasteiger partial charge in [0.2, 0.25) is 0 Å². The quantitative estimate of drug-likeness (QED) is 0.497. The fourth-order valence-electron chi connectivity index (χ4n) is 3.55. The van der Waals surface area contributed by atoms with Crippen LogP contribution in [0, 0.1) is 5.82 Å². The normalized spacial score (nSPS) is 11.3. The summed E-state index contributed by atoms with van der Waals surface area (Å²) in [7, 11) is 2.11. The van der Waals surface area contributed by atoms with Crippen LogP contribution >= 0.6 is 0 Å². The van der Waals surface area contributed by atoms with Crippen molar-refractivity contribution in [2.24, 2.45) is 0 Å². The first-order valence-corrected chi connectivity index (χ1v) is 10.9. The first-order valence-electron chi connectivity index (χ1n) is 10.9. The lowest BCUT2D eigenvalue weighted by molar-refractivity contribution is 0.275. The van der Waals surface area contributed by atoms with Crippen molar-refractivity contribution in [2.45, 2.75) is 27.2 Å². The van der Waals surface area contributed by atoms with Gasteiger partial charge in [0, 0.05) is 55.7 Å². The summed E-state index contributed by atoms with van der Waals surface area (Å²) >= 11 is 0. The molecule has 0 bridgehead atoms. The van der Waals surface area contributed by atoms with Crippen molar-refractivity contribution in [3.63, 3.8) is 0 Å². The molecule has 0 radical (unpaired) electrons. The summed E-state index contributed by atoms with van der Waals surface area (Å²) in [6.07, 6.45) is 4.38. The van der Waals surface area contributed by atoms with Crippen LogP contribution in [-0.2, 0) is 6.42 Å².